The van der Waals surface area contributed by atoms with E-state index in [1.807, 2.05) is 0 Å². The molecule has 0 aliphatic carbocycles. The van der Waals surface area contributed by atoms with Gasteiger partial charge in [-0.15, -0.1) is 0 Å². The van der Waals surface area contributed by atoms with Gasteiger partial charge in [0.05, 0.1) is 6.61 Å². The molecule has 0 heterocycles. The Hall–Kier alpha value is 1.05. The molecule has 0 amide bonds. The monoisotopic (exact) mass is 323 g/mol. The maximum atomic E-state index is 10.1. The second-order valence-corrected chi connectivity index (χ2v) is 15.2. The van der Waals surface area contributed by atoms with E-state index in [0.717, 1.165) is 0 Å². The molecule has 0 bridgehead atoms. The van der Waals surface area contributed by atoms with Crippen molar-refractivity contribution in [3.8, 4) is 0 Å². The van der Waals surface area contributed by atoms with Crippen LogP contribution in [0.25, 0.3) is 0 Å². The summed E-state index contributed by atoms with van der Waals surface area (Å²) in [6.45, 7) is 5.55. The fraction of sp³-hybridized carbons (Fsp3) is 0.600. The predicted octanol–water partition coefficient (Wildman–Crippen LogP) is 2.46. The van der Waals surface area contributed by atoms with E-state index in [1.54, 1.807) is 6.92 Å². The molecule has 0 aliphatic rings. The summed E-state index contributed by atoms with van der Waals surface area (Å²) >= 11 is 6.25. The normalized spacial score (nSPS) is 6.80. The summed E-state index contributed by atoms with van der Waals surface area (Å²) < 4.78 is 4.49. The number of rotatable bonds is 2. The Kier molecular flexibility index (Phi) is 17.3. The van der Waals surface area contributed by atoms with Crippen LogP contribution in [0.5, 0.6) is 0 Å². The van der Waals surface area contributed by atoms with Crippen molar-refractivity contribution in [3.05, 3.63) is 6.92 Å². The molecule has 0 unspecified atom stereocenters. The number of carbonyl (C=O) groups excluding carboxylic acids is 1. The van der Waals surface area contributed by atoms with Gasteiger partial charge < -0.3 is 11.7 Å². The fourth-order valence-electron chi connectivity index (χ4n) is 0.233. The molecule has 0 aromatic heterocycles. The molecule has 0 radical (unpaired) electrons. The zero-order chi connectivity index (χ0) is 8.41. The minimum atomic E-state index is -0.250. The van der Waals surface area contributed by atoms with Crippen molar-refractivity contribution in [1.82, 2.24) is 0 Å². The molecule has 2 nitrogen and oxygen atoms in total. The zero-order valence-electron chi connectivity index (χ0n) is 5.90. The van der Waals surface area contributed by atoms with Crippen molar-refractivity contribution in [2.24, 2.45) is 0 Å². The molecular weight excluding hydrogens is 317 g/mol. The number of carbonyl (C=O) groups is 1. The van der Waals surface area contributed by atoms with Crippen molar-refractivity contribution >= 4 is 33.2 Å². The second kappa shape index (κ2) is 12.7. The van der Waals surface area contributed by atoms with Crippen LogP contribution >= 0.6 is 27.2 Å². The van der Waals surface area contributed by atoms with E-state index in [-0.39, 0.29) is 25.6 Å². The first-order valence-corrected chi connectivity index (χ1v) is 16.7. The summed E-state index contributed by atoms with van der Waals surface area (Å²) in [5.74, 6) is -0.234. The Labute approximate surface area is 82.4 Å². The molecular formula is C5H9Br2O2Zn-. The van der Waals surface area contributed by atoms with Gasteiger partial charge in [0, 0.05) is 0 Å². The van der Waals surface area contributed by atoms with Crippen LogP contribution in [0, 0.1) is 6.92 Å². The van der Waals surface area contributed by atoms with E-state index in [4.69, 9.17) is 0 Å². The third-order valence-corrected chi connectivity index (χ3v) is 0.509. The third kappa shape index (κ3) is 16.0. The van der Waals surface area contributed by atoms with Gasteiger partial charge in [-0.3, -0.25) is 4.79 Å². The topological polar surface area (TPSA) is 26.3 Å². The minimum Gasteiger partial charge on any atom is -0.468 e. The number of esters is 1. The van der Waals surface area contributed by atoms with Gasteiger partial charge in [0.1, 0.15) is 0 Å². The summed E-state index contributed by atoms with van der Waals surface area (Å²) in [5.41, 5.74) is 0. The standard InChI is InChI=1S/C5H9O2.2BrH.Zn/c1-3-5(6)7-4-2;;;/h1,3-4H2,2H3;2*1H;/q-1;;;+2/p-2. The Morgan fingerprint density at radius 2 is 2.10 bits per heavy atom. The molecule has 58 valence electrons. The smallest absolute Gasteiger partial charge is 0.275 e. The van der Waals surface area contributed by atoms with Crippen molar-refractivity contribution in [2.45, 2.75) is 13.3 Å². The number of hydrogen-bond acceptors (Lipinski definition) is 2. The van der Waals surface area contributed by atoms with E-state index >= 15 is 0 Å². The van der Waals surface area contributed by atoms with Crippen LogP contribution in [0.2, 0.25) is 0 Å². The summed E-state index contributed by atoms with van der Waals surface area (Å²) in [6, 6.07) is 0. The molecule has 0 aromatic rings. The quantitative estimate of drug-likeness (QED) is 0.443. The first kappa shape index (κ1) is 13.6. The van der Waals surface area contributed by atoms with Gasteiger partial charge in [0.25, 0.3) is 5.97 Å². The average Bonchev–Trinajstić information content (AvgIpc) is 1.90. The van der Waals surface area contributed by atoms with Gasteiger partial charge in [-0.25, -0.2) is 0 Å². The average molecular weight is 326 g/mol. The van der Waals surface area contributed by atoms with E-state index < -0.39 is 0 Å². The van der Waals surface area contributed by atoms with Gasteiger partial charge >= 0.3 is 40.5 Å². The van der Waals surface area contributed by atoms with Crippen LogP contribution in [0.15, 0.2) is 0 Å². The summed E-state index contributed by atoms with van der Waals surface area (Å²) in [5, 5.41) is 0. The molecule has 0 aromatic carbocycles. The zero-order valence-corrected chi connectivity index (χ0v) is 12.0. The molecule has 0 aliphatic heterocycles. The van der Waals surface area contributed by atoms with E-state index in [0.29, 0.717) is 6.61 Å². The van der Waals surface area contributed by atoms with E-state index in [2.05, 4.69) is 38.9 Å². The Morgan fingerprint density at radius 1 is 1.70 bits per heavy atom. The van der Waals surface area contributed by atoms with Crippen LogP contribution in [0.3, 0.4) is 0 Å². The number of ether oxygens (including phenoxy) is 1. The van der Waals surface area contributed by atoms with Crippen molar-refractivity contribution in [1.29, 1.82) is 0 Å². The minimum absolute atomic E-state index is 0.230. The van der Waals surface area contributed by atoms with Crippen molar-refractivity contribution in [2.75, 3.05) is 6.61 Å². The van der Waals surface area contributed by atoms with Gasteiger partial charge in [0.15, 0.2) is 0 Å². The Morgan fingerprint density at radius 3 is 2.20 bits per heavy atom. The van der Waals surface area contributed by atoms with Gasteiger partial charge in [-0.05, 0) is 6.92 Å². The van der Waals surface area contributed by atoms with Crippen LogP contribution in [-0.2, 0) is 22.7 Å². The molecule has 5 heteroatoms. The van der Waals surface area contributed by atoms with Crippen LogP contribution in [0.4, 0.5) is 0 Å². The first-order valence-electron chi connectivity index (χ1n) is 2.79. The molecule has 10 heavy (non-hydrogen) atoms. The van der Waals surface area contributed by atoms with E-state index in [9.17, 15) is 4.79 Å². The number of hydrogen-bond donors (Lipinski definition) is 0. The van der Waals surface area contributed by atoms with Gasteiger partial charge in [-0.2, -0.15) is 0 Å². The number of halogens is 2. The first-order chi connectivity index (χ1) is 4.72. The van der Waals surface area contributed by atoms with Crippen LogP contribution in [0.1, 0.15) is 13.3 Å². The molecule has 0 rings (SSSR count). The van der Waals surface area contributed by atoms with Crippen LogP contribution in [-0.4, -0.2) is 12.6 Å². The summed E-state index contributed by atoms with van der Waals surface area (Å²) in [4.78, 5) is 10.1. The SMILES string of the molecule is [Br][Zn][Br].[CH2-]CC(=O)OCC. The maximum Gasteiger partial charge on any atom is 0.275 e. The van der Waals surface area contributed by atoms with E-state index in [1.165, 1.54) is 0 Å². The molecule has 0 spiro atoms. The Bertz CT molecular complexity index is 80.0. The van der Waals surface area contributed by atoms with Gasteiger partial charge in [-0.1, -0.05) is 6.42 Å². The predicted molar refractivity (Wildman–Crippen MR) is 44.5 cm³/mol. The van der Waals surface area contributed by atoms with Crippen molar-refractivity contribution in [3.63, 3.8) is 0 Å². The van der Waals surface area contributed by atoms with Gasteiger partial charge in [0.2, 0.25) is 0 Å². The molecule has 0 atom stereocenters. The third-order valence-electron chi connectivity index (χ3n) is 0.509. The second-order valence-electron chi connectivity index (χ2n) is 1.16. The Balaban J connectivity index is 0. The summed E-state index contributed by atoms with van der Waals surface area (Å²) in [7, 11) is 0. The fourth-order valence-corrected chi connectivity index (χ4v) is 0.233. The summed E-state index contributed by atoms with van der Waals surface area (Å²) in [6.07, 6.45) is 0.230. The maximum absolute atomic E-state index is 10.1. The molecule has 0 saturated carbocycles. The largest absolute Gasteiger partial charge is 0.468 e. The van der Waals surface area contributed by atoms with Crippen molar-refractivity contribution < 1.29 is 22.7 Å². The molecule has 0 fully saturated rings. The molecule has 0 saturated heterocycles. The molecule has 0 N–H and O–H groups in total. The van der Waals surface area contributed by atoms with Crippen LogP contribution < -0.4 is 0 Å².